The number of carbonyl (C=O) groups excluding carboxylic acids is 1. The number of ether oxygens (including phenoxy) is 1. The Morgan fingerprint density at radius 2 is 2.17 bits per heavy atom. The topological polar surface area (TPSA) is 91.4 Å². The van der Waals surface area contributed by atoms with Crippen molar-refractivity contribution in [1.29, 1.82) is 0 Å². The molecule has 0 spiro atoms. The van der Waals surface area contributed by atoms with Crippen LogP contribution in [0.2, 0.25) is 0 Å². The third-order valence-electron chi connectivity index (χ3n) is 4.16. The van der Waals surface area contributed by atoms with Gasteiger partial charge in [0, 0.05) is 26.2 Å². The second-order valence-electron chi connectivity index (χ2n) is 6.18. The molecule has 8 heteroatoms. The van der Waals surface area contributed by atoms with E-state index in [1.807, 2.05) is 13.8 Å². The van der Waals surface area contributed by atoms with Crippen molar-refractivity contribution in [3.8, 4) is 0 Å². The summed E-state index contributed by atoms with van der Waals surface area (Å²) in [5.74, 6) is 1.48. The smallest absolute Gasteiger partial charge is 0.247 e. The number of aromatic nitrogens is 2. The molecule has 1 saturated heterocycles. The van der Waals surface area contributed by atoms with Gasteiger partial charge in [-0.25, -0.2) is 9.97 Å². The molecule has 23 heavy (non-hydrogen) atoms. The van der Waals surface area contributed by atoms with E-state index in [-0.39, 0.29) is 17.9 Å². The number of carbonyl (C=O) groups is 1. The van der Waals surface area contributed by atoms with Crippen LogP contribution in [0.15, 0.2) is 6.33 Å². The van der Waals surface area contributed by atoms with Gasteiger partial charge in [0.25, 0.3) is 0 Å². The first-order valence-corrected chi connectivity index (χ1v) is 8.11. The van der Waals surface area contributed by atoms with Crippen molar-refractivity contribution < 1.29 is 9.53 Å². The molecule has 0 aliphatic carbocycles. The van der Waals surface area contributed by atoms with Crippen molar-refractivity contribution in [2.75, 3.05) is 55.3 Å². The van der Waals surface area contributed by atoms with Gasteiger partial charge in [-0.15, -0.1) is 0 Å². The minimum absolute atomic E-state index is 0.0430. The van der Waals surface area contributed by atoms with Crippen molar-refractivity contribution >= 4 is 23.2 Å². The molecule has 1 unspecified atom stereocenters. The predicted molar refractivity (Wildman–Crippen MR) is 88.7 cm³/mol. The first kappa shape index (κ1) is 15.9. The number of hydrogen-bond donors (Lipinski definition) is 3. The lowest BCUT2D eigenvalue weighted by atomic mass is 10.0. The van der Waals surface area contributed by atoms with Gasteiger partial charge < -0.3 is 20.7 Å². The van der Waals surface area contributed by atoms with Gasteiger partial charge in [0.1, 0.15) is 18.1 Å². The summed E-state index contributed by atoms with van der Waals surface area (Å²) in [6, 6.07) is -0.265. The lowest BCUT2D eigenvalue weighted by Gasteiger charge is -2.29. The van der Waals surface area contributed by atoms with E-state index in [2.05, 4.69) is 30.8 Å². The van der Waals surface area contributed by atoms with Gasteiger partial charge in [-0.2, -0.15) is 0 Å². The summed E-state index contributed by atoms with van der Waals surface area (Å²) < 4.78 is 5.34. The molecule has 1 fully saturated rings. The maximum atomic E-state index is 12.2. The Morgan fingerprint density at radius 1 is 1.39 bits per heavy atom. The molecule has 8 nitrogen and oxygen atoms in total. The average molecular weight is 320 g/mol. The van der Waals surface area contributed by atoms with E-state index < -0.39 is 0 Å². The molecule has 3 rings (SSSR count). The highest BCUT2D eigenvalue weighted by atomic mass is 16.5. The molecule has 0 saturated carbocycles. The zero-order valence-electron chi connectivity index (χ0n) is 13.6. The molecular weight excluding hydrogens is 296 g/mol. The molecule has 1 amide bonds. The largest absolute Gasteiger partial charge is 0.379 e. The van der Waals surface area contributed by atoms with Crippen LogP contribution in [0.5, 0.6) is 0 Å². The predicted octanol–water partition coefficient (Wildman–Crippen LogP) is 0.609. The van der Waals surface area contributed by atoms with Crippen molar-refractivity contribution in [2.24, 2.45) is 5.92 Å². The molecule has 2 aliphatic rings. The Morgan fingerprint density at radius 3 is 2.91 bits per heavy atom. The van der Waals surface area contributed by atoms with E-state index >= 15 is 0 Å². The van der Waals surface area contributed by atoms with E-state index in [1.54, 1.807) is 0 Å². The third-order valence-corrected chi connectivity index (χ3v) is 4.16. The zero-order chi connectivity index (χ0) is 16.2. The molecule has 3 heterocycles. The van der Waals surface area contributed by atoms with Crippen LogP contribution < -0.4 is 16.0 Å². The molecule has 0 radical (unpaired) electrons. The monoisotopic (exact) mass is 320 g/mol. The van der Waals surface area contributed by atoms with Crippen LogP contribution in [0.25, 0.3) is 0 Å². The van der Waals surface area contributed by atoms with Crippen LogP contribution >= 0.6 is 0 Å². The van der Waals surface area contributed by atoms with Gasteiger partial charge in [0.05, 0.1) is 13.2 Å². The second-order valence-corrected chi connectivity index (χ2v) is 6.18. The highest BCUT2D eigenvalue weighted by molar-refractivity contribution is 6.04. The van der Waals surface area contributed by atoms with Gasteiger partial charge in [-0.05, 0) is 5.92 Å². The molecule has 1 aromatic heterocycles. The summed E-state index contributed by atoms with van der Waals surface area (Å²) in [5.41, 5.74) is 0.636. The molecule has 1 atom stereocenters. The van der Waals surface area contributed by atoms with Crippen LogP contribution in [-0.2, 0) is 9.53 Å². The number of anilines is 3. The minimum atomic E-state index is -0.265. The Kier molecular flexibility index (Phi) is 4.92. The standard InChI is InChI=1S/C15H24N6O2/c1-10(2)11-15(22)20-12-13(17-9-18-14(12)19-11)16-3-4-21-5-7-23-8-6-21/h9-11H,3-8H2,1-2H3,(H,20,22)(H2,16,17,18,19). The molecule has 126 valence electrons. The van der Waals surface area contributed by atoms with Crippen molar-refractivity contribution in [3.05, 3.63) is 6.33 Å². The fourth-order valence-corrected chi connectivity index (χ4v) is 2.79. The van der Waals surface area contributed by atoms with E-state index in [1.165, 1.54) is 6.33 Å². The van der Waals surface area contributed by atoms with Gasteiger partial charge in [-0.1, -0.05) is 13.8 Å². The second kappa shape index (κ2) is 7.10. The number of amides is 1. The van der Waals surface area contributed by atoms with Crippen molar-refractivity contribution in [2.45, 2.75) is 19.9 Å². The Balaban J connectivity index is 1.63. The summed E-state index contributed by atoms with van der Waals surface area (Å²) in [7, 11) is 0. The number of nitrogens with one attached hydrogen (secondary N) is 3. The SMILES string of the molecule is CC(C)C1Nc2ncnc(NCCN3CCOCC3)c2NC1=O. The summed E-state index contributed by atoms with van der Waals surface area (Å²) in [5, 5.41) is 9.42. The summed E-state index contributed by atoms with van der Waals surface area (Å²) in [4.78, 5) is 23.0. The maximum Gasteiger partial charge on any atom is 0.247 e. The summed E-state index contributed by atoms with van der Waals surface area (Å²) in [6.45, 7) is 9.18. The lowest BCUT2D eigenvalue weighted by Crippen LogP contribution is -2.43. The van der Waals surface area contributed by atoms with E-state index in [0.29, 0.717) is 17.3 Å². The van der Waals surface area contributed by atoms with Crippen molar-refractivity contribution in [3.63, 3.8) is 0 Å². The van der Waals surface area contributed by atoms with E-state index in [0.717, 1.165) is 39.4 Å². The van der Waals surface area contributed by atoms with E-state index in [9.17, 15) is 4.79 Å². The summed E-state index contributed by atoms with van der Waals surface area (Å²) >= 11 is 0. The number of hydrogen-bond acceptors (Lipinski definition) is 7. The van der Waals surface area contributed by atoms with Crippen molar-refractivity contribution in [1.82, 2.24) is 14.9 Å². The molecule has 2 aliphatic heterocycles. The highest BCUT2D eigenvalue weighted by Gasteiger charge is 2.30. The molecule has 3 N–H and O–H groups in total. The summed E-state index contributed by atoms with van der Waals surface area (Å²) in [6.07, 6.45) is 1.51. The first-order chi connectivity index (χ1) is 11.1. The fraction of sp³-hybridized carbons (Fsp3) is 0.667. The van der Waals surface area contributed by atoms with Crippen LogP contribution in [-0.4, -0.2) is 66.2 Å². The Bertz CT molecular complexity index is 559. The number of fused-ring (bicyclic) bond motifs is 1. The van der Waals surface area contributed by atoms with Gasteiger partial charge in [-0.3, -0.25) is 9.69 Å². The third kappa shape index (κ3) is 3.70. The normalized spacial score (nSPS) is 21.5. The number of nitrogens with zero attached hydrogens (tertiary/aromatic N) is 3. The van der Waals surface area contributed by atoms with Gasteiger partial charge in [0.15, 0.2) is 11.6 Å². The fourth-order valence-electron chi connectivity index (χ4n) is 2.79. The lowest BCUT2D eigenvalue weighted by molar-refractivity contribution is -0.117. The molecule has 1 aromatic rings. The molecule has 0 aromatic carbocycles. The van der Waals surface area contributed by atoms with Crippen LogP contribution in [0.1, 0.15) is 13.8 Å². The average Bonchev–Trinajstić information content (AvgIpc) is 2.55. The minimum Gasteiger partial charge on any atom is -0.379 e. The van der Waals surface area contributed by atoms with Crippen LogP contribution in [0.4, 0.5) is 17.3 Å². The quantitative estimate of drug-likeness (QED) is 0.732. The highest BCUT2D eigenvalue weighted by Crippen LogP contribution is 2.31. The Labute approximate surface area is 136 Å². The molecule has 0 bridgehead atoms. The molecular formula is C15H24N6O2. The number of rotatable bonds is 5. The maximum absolute atomic E-state index is 12.2. The van der Waals surface area contributed by atoms with E-state index in [4.69, 9.17) is 4.74 Å². The zero-order valence-corrected chi connectivity index (χ0v) is 13.6. The Hall–Kier alpha value is -1.93. The first-order valence-electron chi connectivity index (χ1n) is 8.11. The van der Waals surface area contributed by atoms with Gasteiger partial charge >= 0.3 is 0 Å². The van der Waals surface area contributed by atoms with Crippen LogP contribution in [0.3, 0.4) is 0 Å². The van der Waals surface area contributed by atoms with Crippen LogP contribution in [0, 0.1) is 5.92 Å². The number of morpholine rings is 1. The van der Waals surface area contributed by atoms with Gasteiger partial charge in [0.2, 0.25) is 5.91 Å².